The van der Waals surface area contributed by atoms with Gasteiger partial charge in [-0.1, -0.05) is 31.9 Å². The Kier molecular flexibility index (Phi) is 1.74. The first kappa shape index (κ1) is 11.7. The van der Waals surface area contributed by atoms with Crippen molar-refractivity contribution in [3.63, 3.8) is 0 Å². The van der Waals surface area contributed by atoms with Gasteiger partial charge in [-0.25, -0.2) is 0 Å². The first-order valence-electron chi connectivity index (χ1n) is 8.18. The number of hydrogen-bond acceptors (Lipinski definition) is 2. The molecule has 3 fully saturated rings. The summed E-state index contributed by atoms with van der Waals surface area (Å²) in [5.74, 6) is 2.19. The van der Waals surface area contributed by atoms with E-state index in [1.165, 1.54) is 12.8 Å². The third-order valence-corrected chi connectivity index (χ3v) is 8.13. The Bertz CT molecular complexity index is 611. The van der Waals surface area contributed by atoms with Crippen molar-refractivity contribution in [2.75, 3.05) is 0 Å². The van der Waals surface area contributed by atoms with E-state index in [-0.39, 0.29) is 29.8 Å². The van der Waals surface area contributed by atoms with Gasteiger partial charge in [-0.3, -0.25) is 9.59 Å². The van der Waals surface area contributed by atoms with Crippen LogP contribution in [0.1, 0.15) is 46.5 Å². The van der Waals surface area contributed by atoms with Gasteiger partial charge in [0.15, 0.2) is 0 Å². The minimum absolute atomic E-state index is 0.0678. The molecule has 0 aromatic carbocycles. The SMILES string of the molecule is CC1(C)[C@H]2CC[C@]1(C)C1=C2[C@H]2C[C@H]1[C@@H]1C(=O)CC(=O)[C@H]12. The predicted molar refractivity (Wildman–Crippen MR) is 74.8 cm³/mol. The molecule has 0 aromatic rings. The number of rotatable bonds is 0. The lowest BCUT2D eigenvalue weighted by atomic mass is 9.63. The van der Waals surface area contributed by atoms with E-state index in [2.05, 4.69) is 20.8 Å². The number of fused-ring (bicyclic) bond motifs is 11. The summed E-state index contributed by atoms with van der Waals surface area (Å²) in [6.07, 6.45) is 3.92. The van der Waals surface area contributed by atoms with Gasteiger partial charge in [-0.2, -0.15) is 0 Å². The van der Waals surface area contributed by atoms with Crippen molar-refractivity contribution < 1.29 is 9.59 Å². The van der Waals surface area contributed by atoms with Crippen molar-refractivity contribution in [3.8, 4) is 0 Å². The fourth-order valence-corrected chi connectivity index (χ4v) is 7.06. The second-order valence-corrected chi connectivity index (χ2v) is 8.62. The van der Waals surface area contributed by atoms with Crippen LogP contribution in [-0.4, -0.2) is 11.6 Å². The summed E-state index contributed by atoms with van der Waals surface area (Å²) in [6.45, 7) is 7.27. The van der Waals surface area contributed by atoms with Crippen molar-refractivity contribution in [1.29, 1.82) is 0 Å². The Morgan fingerprint density at radius 1 is 1.00 bits per heavy atom. The smallest absolute Gasteiger partial charge is 0.144 e. The van der Waals surface area contributed by atoms with Crippen LogP contribution in [0.15, 0.2) is 11.1 Å². The molecule has 0 spiro atoms. The molecule has 20 heavy (non-hydrogen) atoms. The fraction of sp³-hybridized carbons (Fsp3) is 0.778. The summed E-state index contributed by atoms with van der Waals surface area (Å²) in [6, 6.07) is 0. The van der Waals surface area contributed by atoms with Crippen molar-refractivity contribution >= 4 is 11.6 Å². The molecule has 4 bridgehead atoms. The molecule has 106 valence electrons. The first-order chi connectivity index (χ1) is 9.38. The van der Waals surface area contributed by atoms with E-state index in [1.54, 1.807) is 11.1 Å². The molecule has 5 aliphatic rings. The van der Waals surface area contributed by atoms with E-state index >= 15 is 0 Å². The molecule has 0 N–H and O–H groups in total. The molecule has 0 unspecified atom stereocenters. The molecule has 0 amide bonds. The van der Waals surface area contributed by atoms with Crippen LogP contribution in [0.4, 0.5) is 0 Å². The molecule has 2 nitrogen and oxygen atoms in total. The zero-order valence-electron chi connectivity index (χ0n) is 12.5. The molecule has 0 aromatic heterocycles. The number of carbonyl (C=O) groups excluding carboxylic acids is 2. The molecule has 0 saturated heterocycles. The maximum Gasteiger partial charge on any atom is 0.144 e. The average Bonchev–Trinajstić information content (AvgIpc) is 3.07. The second-order valence-electron chi connectivity index (χ2n) is 8.62. The molecule has 3 saturated carbocycles. The van der Waals surface area contributed by atoms with Crippen LogP contribution in [0.3, 0.4) is 0 Å². The van der Waals surface area contributed by atoms with Crippen molar-refractivity contribution in [3.05, 3.63) is 11.1 Å². The van der Waals surface area contributed by atoms with E-state index in [4.69, 9.17) is 0 Å². The zero-order valence-corrected chi connectivity index (χ0v) is 12.5. The maximum absolute atomic E-state index is 12.3. The second kappa shape index (κ2) is 2.98. The third-order valence-electron chi connectivity index (χ3n) is 8.13. The summed E-state index contributed by atoms with van der Waals surface area (Å²) in [5.41, 5.74) is 3.92. The molecule has 2 heteroatoms. The molecular weight excluding hydrogens is 248 g/mol. The lowest BCUT2D eigenvalue weighted by Gasteiger charge is -2.40. The molecular formula is C18H22O2. The molecule has 6 atom stereocenters. The topological polar surface area (TPSA) is 34.1 Å². The number of hydrogen-bond donors (Lipinski definition) is 0. The van der Waals surface area contributed by atoms with E-state index in [0.29, 0.717) is 28.6 Å². The number of allylic oxidation sites excluding steroid dienone is 2. The average molecular weight is 270 g/mol. The highest BCUT2D eigenvalue weighted by Crippen LogP contribution is 2.77. The van der Waals surface area contributed by atoms with E-state index in [1.807, 2.05) is 0 Å². The minimum Gasteiger partial charge on any atom is -0.299 e. The normalized spacial score (nSPS) is 54.0. The minimum atomic E-state index is 0.0678. The Morgan fingerprint density at radius 2 is 1.65 bits per heavy atom. The highest BCUT2D eigenvalue weighted by Gasteiger charge is 2.71. The molecule has 0 aliphatic heterocycles. The Hall–Kier alpha value is -0.920. The Morgan fingerprint density at radius 3 is 2.35 bits per heavy atom. The monoisotopic (exact) mass is 270 g/mol. The number of Topliss-reactive ketones (excluding diaryl/α,β-unsaturated/α-hetero) is 2. The summed E-state index contributed by atoms with van der Waals surface area (Å²) in [7, 11) is 0. The van der Waals surface area contributed by atoms with Crippen molar-refractivity contribution in [2.24, 2.45) is 40.4 Å². The molecule has 0 radical (unpaired) electrons. The Labute approximate surface area is 120 Å². The van der Waals surface area contributed by atoms with Crippen LogP contribution >= 0.6 is 0 Å². The molecule has 5 aliphatic carbocycles. The van der Waals surface area contributed by atoms with E-state index < -0.39 is 0 Å². The van der Waals surface area contributed by atoms with Crippen LogP contribution in [0, 0.1) is 40.4 Å². The number of ketones is 2. The fourth-order valence-electron chi connectivity index (χ4n) is 7.06. The predicted octanol–water partition coefficient (Wildman–Crippen LogP) is 3.16. The summed E-state index contributed by atoms with van der Waals surface area (Å²) in [4.78, 5) is 24.5. The summed E-state index contributed by atoms with van der Waals surface area (Å²) in [5, 5.41) is 0. The molecule has 0 heterocycles. The van der Waals surface area contributed by atoms with Gasteiger partial charge in [0.2, 0.25) is 0 Å². The van der Waals surface area contributed by atoms with Crippen LogP contribution in [0.2, 0.25) is 0 Å². The highest BCUT2D eigenvalue weighted by atomic mass is 16.2. The van der Waals surface area contributed by atoms with Crippen LogP contribution < -0.4 is 0 Å². The van der Waals surface area contributed by atoms with Gasteiger partial charge in [0.25, 0.3) is 0 Å². The van der Waals surface area contributed by atoms with Gasteiger partial charge >= 0.3 is 0 Å². The Balaban J connectivity index is 1.71. The quantitative estimate of drug-likeness (QED) is 0.385. The largest absolute Gasteiger partial charge is 0.299 e. The van der Waals surface area contributed by atoms with E-state index in [0.717, 1.165) is 6.42 Å². The van der Waals surface area contributed by atoms with Gasteiger partial charge < -0.3 is 0 Å². The van der Waals surface area contributed by atoms with E-state index in [9.17, 15) is 9.59 Å². The summed E-state index contributed by atoms with van der Waals surface area (Å²) >= 11 is 0. The van der Waals surface area contributed by atoms with Gasteiger partial charge in [0.05, 0.1) is 6.42 Å². The van der Waals surface area contributed by atoms with Crippen molar-refractivity contribution in [1.82, 2.24) is 0 Å². The standard InChI is InChI=1S/C18H22O2/c1-17(2)10-4-5-18(17,3)16-9-6-8(13(10)16)14-11(19)7-12(20)15(9)14/h8-10,14-15H,4-7H2,1-3H3/t8-,9+,10+,14-,15-,18-/m1/s1. The zero-order chi connectivity index (χ0) is 14.0. The first-order valence-corrected chi connectivity index (χ1v) is 8.18. The summed E-state index contributed by atoms with van der Waals surface area (Å²) < 4.78 is 0. The van der Waals surface area contributed by atoms with Gasteiger partial charge in [-0.15, -0.1) is 0 Å². The van der Waals surface area contributed by atoms with Crippen LogP contribution in [0.5, 0.6) is 0 Å². The van der Waals surface area contributed by atoms with Crippen molar-refractivity contribution in [2.45, 2.75) is 46.5 Å². The third kappa shape index (κ3) is 0.899. The van der Waals surface area contributed by atoms with Crippen LogP contribution in [-0.2, 0) is 9.59 Å². The maximum atomic E-state index is 12.3. The lowest BCUT2D eigenvalue weighted by Crippen LogP contribution is -2.34. The van der Waals surface area contributed by atoms with Gasteiger partial charge in [0, 0.05) is 11.8 Å². The lowest BCUT2D eigenvalue weighted by molar-refractivity contribution is -0.123. The van der Waals surface area contributed by atoms with Gasteiger partial charge in [-0.05, 0) is 47.8 Å². The van der Waals surface area contributed by atoms with Gasteiger partial charge in [0.1, 0.15) is 11.6 Å². The highest BCUT2D eigenvalue weighted by molar-refractivity contribution is 6.10. The molecule has 5 rings (SSSR count). The number of carbonyl (C=O) groups is 2. The van der Waals surface area contributed by atoms with Crippen LogP contribution in [0.25, 0.3) is 0 Å².